The number of benzene rings is 2. The molecule has 0 aliphatic heterocycles. The minimum atomic E-state index is 0.663. The van der Waals surface area contributed by atoms with Gasteiger partial charge < -0.3 is 4.42 Å². The molecule has 0 amide bonds. The van der Waals surface area contributed by atoms with E-state index in [2.05, 4.69) is 37.0 Å². The summed E-state index contributed by atoms with van der Waals surface area (Å²) in [6.45, 7) is 4.18. The van der Waals surface area contributed by atoms with E-state index >= 15 is 0 Å². The van der Waals surface area contributed by atoms with Crippen LogP contribution in [0.5, 0.6) is 0 Å². The third-order valence-electron chi connectivity index (χ3n) is 3.17. The standard InChI is InChI=1S/C17H15NO/c1-12-8-9-15(13(2)10-12)16-11-18-17(19-16)14-6-4-3-5-7-14/h3-11H,1-2H3. The molecule has 0 spiro atoms. The summed E-state index contributed by atoms with van der Waals surface area (Å²) < 4.78 is 5.87. The van der Waals surface area contributed by atoms with Gasteiger partial charge in [-0.3, -0.25) is 0 Å². The van der Waals surface area contributed by atoms with Gasteiger partial charge in [0, 0.05) is 11.1 Å². The zero-order valence-electron chi connectivity index (χ0n) is 11.1. The second kappa shape index (κ2) is 4.73. The summed E-state index contributed by atoms with van der Waals surface area (Å²) in [5.41, 5.74) is 4.55. The SMILES string of the molecule is Cc1ccc(-c2cnc(-c3ccccc3)o2)c(C)c1. The Morgan fingerprint density at radius 1 is 0.947 bits per heavy atom. The molecule has 19 heavy (non-hydrogen) atoms. The lowest BCUT2D eigenvalue weighted by Gasteiger charge is -2.03. The van der Waals surface area contributed by atoms with Crippen LogP contribution < -0.4 is 0 Å². The smallest absolute Gasteiger partial charge is 0.226 e. The first-order valence-corrected chi connectivity index (χ1v) is 6.33. The Labute approximate surface area is 112 Å². The van der Waals surface area contributed by atoms with Crippen LogP contribution in [0.15, 0.2) is 59.1 Å². The van der Waals surface area contributed by atoms with Gasteiger partial charge in [-0.25, -0.2) is 4.98 Å². The number of nitrogens with zero attached hydrogens (tertiary/aromatic N) is 1. The summed E-state index contributed by atoms with van der Waals surface area (Å²) >= 11 is 0. The predicted molar refractivity (Wildman–Crippen MR) is 76.8 cm³/mol. The van der Waals surface area contributed by atoms with E-state index in [4.69, 9.17) is 4.42 Å². The molecular formula is C17H15NO. The molecule has 2 aromatic carbocycles. The van der Waals surface area contributed by atoms with Crippen molar-refractivity contribution < 1.29 is 4.42 Å². The van der Waals surface area contributed by atoms with Crippen molar-refractivity contribution >= 4 is 0 Å². The Balaban J connectivity index is 2.02. The average Bonchev–Trinajstić information content (AvgIpc) is 2.89. The molecule has 0 aliphatic rings. The van der Waals surface area contributed by atoms with Crippen LogP contribution in [0, 0.1) is 13.8 Å². The van der Waals surface area contributed by atoms with Gasteiger partial charge in [-0.15, -0.1) is 0 Å². The average molecular weight is 249 g/mol. The zero-order valence-corrected chi connectivity index (χ0v) is 11.1. The molecule has 94 valence electrons. The van der Waals surface area contributed by atoms with Crippen LogP contribution in [0.2, 0.25) is 0 Å². The maximum atomic E-state index is 5.87. The molecule has 1 aromatic heterocycles. The molecule has 0 fully saturated rings. The van der Waals surface area contributed by atoms with Crippen molar-refractivity contribution in [3.63, 3.8) is 0 Å². The van der Waals surface area contributed by atoms with Crippen LogP contribution in [-0.2, 0) is 0 Å². The van der Waals surface area contributed by atoms with Gasteiger partial charge in [0.2, 0.25) is 5.89 Å². The quantitative estimate of drug-likeness (QED) is 0.662. The Morgan fingerprint density at radius 3 is 2.47 bits per heavy atom. The van der Waals surface area contributed by atoms with Crippen LogP contribution in [0.4, 0.5) is 0 Å². The maximum absolute atomic E-state index is 5.87. The van der Waals surface area contributed by atoms with E-state index < -0.39 is 0 Å². The Morgan fingerprint density at radius 2 is 1.74 bits per heavy atom. The first kappa shape index (κ1) is 11.7. The lowest BCUT2D eigenvalue weighted by molar-refractivity contribution is 0.588. The number of hydrogen-bond donors (Lipinski definition) is 0. The molecule has 3 aromatic rings. The van der Waals surface area contributed by atoms with Crippen LogP contribution in [0.3, 0.4) is 0 Å². The first-order valence-electron chi connectivity index (χ1n) is 6.33. The number of aromatic nitrogens is 1. The van der Waals surface area contributed by atoms with Crippen LogP contribution in [-0.4, -0.2) is 4.98 Å². The summed E-state index contributed by atoms with van der Waals surface area (Å²) in [7, 11) is 0. The van der Waals surface area contributed by atoms with E-state index in [-0.39, 0.29) is 0 Å². The fourth-order valence-corrected chi connectivity index (χ4v) is 2.20. The van der Waals surface area contributed by atoms with Gasteiger partial charge in [0.05, 0.1) is 6.20 Å². The number of hydrogen-bond acceptors (Lipinski definition) is 2. The number of oxazole rings is 1. The molecule has 0 saturated heterocycles. The fraction of sp³-hybridized carbons (Fsp3) is 0.118. The lowest BCUT2D eigenvalue weighted by Crippen LogP contribution is -1.82. The first-order chi connectivity index (χ1) is 9.24. The molecule has 0 radical (unpaired) electrons. The molecule has 2 heteroatoms. The normalized spacial score (nSPS) is 10.6. The van der Waals surface area contributed by atoms with E-state index in [9.17, 15) is 0 Å². The van der Waals surface area contributed by atoms with Gasteiger partial charge in [-0.1, -0.05) is 42.0 Å². The summed E-state index contributed by atoms with van der Waals surface area (Å²) in [6.07, 6.45) is 1.79. The molecule has 0 N–H and O–H groups in total. The Kier molecular flexibility index (Phi) is 2.92. The van der Waals surface area contributed by atoms with Crippen molar-refractivity contribution in [1.29, 1.82) is 0 Å². The molecule has 2 nitrogen and oxygen atoms in total. The fourth-order valence-electron chi connectivity index (χ4n) is 2.20. The van der Waals surface area contributed by atoms with Gasteiger partial charge in [-0.05, 0) is 31.5 Å². The van der Waals surface area contributed by atoms with Gasteiger partial charge >= 0.3 is 0 Å². The predicted octanol–water partition coefficient (Wildman–Crippen LogP) is 4.63. The molecule has 1 heterocycles. The van der Waals surface area contributed by atoms with Gasteiger partial charge in [0.1, 0.15) is 0 Å². The van der Waals surface area contributed by atoms with Gasteiger partial charge in [0.15, 0.2) is 5.76 Å². The van der Waals surface area contributed by atoms with E-state index in [0.29, 0.717) is 5.89 Å². The molecule has 0 bridgehead atoms. The second-order valence-electron chi connectivity index (χ2n) is 4.71. The minimum Gasteiger partial charge on any atom is -0.436 e. The minimum absolute atomic E-state index is 0.663. The van der Waals surface area contributed by atoms with Gasteiger partial charge in [-0.2, -0.15) is 0 Å². The molecule has 0 unspecified atom stereocenters. The summed E-state index contributed by atoms with van der Waals surface area (Å²) in [5.74, 6) is 1.48. The molecule has 0 aliphatic carbocycles. The lowest BCUT2D eigenvalue weighted by atomic mass is 10.0. The van der Waals surface area contributed by atoms with Gasteiger partial charge in [0.25, 0.3) is 0 Å². The maximum Gasteiger partial charge on any atom is 0.226 e. The third kappa shape index (κ3) is 2.29. The van der Waals surface area contributed by atoms with Crippen LogP contribution in [0.25, 0.3) is 22.8 Å². The summed E-state index contributed by atoms with van der Waals surface area (Å²) in [5, 5.41) is 0. The molecule has 0 saturated carbocycles. The van der Waals surface area contributed by atoms with Crippen molar-refractivity contribution in [2.24, 2.45) is 0 Å². The van der Waals surface area contributed by atoms with Crippen LogP contribution >= 0.6 is 0 Å². The van der Waals surface area contributed by atoms with Crippen molar-refractivity contribution in [2.45, 2.75) is 13.8 Å². The summed E-state index contributed by atoms with van der Waals surface area (Å²) in [4.78, 5) is 4.36. The van der Waals surface area contributed by atoms with E-state index in [1.165, 1.54) is 11.1 Å². The Hall–Kier alpha value is -2.35. The Bertz CT molecular complexity index is 698. The highest BCUT2D eigenvalue weighted by molar-refractivity contribution is 5.64. The van der Waals surface area contributed by atoms with E-state index in [1.807, 2.05) is 30.3 Å². The number of rotatable bonds is 2. The highest BCUT2D eigenvalue weighted by Gasteiger charge is 2.09. The van der Waals surface area contributed by atoms with Crippen LogP contribution in [0.1, 0.15) is 11.1 Å². The largest absolute Gasteiger partial charge is 0.436 e. The zero-order chi connectivity index (χ0) is 13.2. The van der Waals surface area contributed by atoms with Crippen molar-refractivity contribution in [3.8, 4) is 22.8 Å². The molecule has 0 atom stereocenters. The highest BCUT2D eigenvalue weighted by atomic mass is 16.4. The van der Waals surface area contributed by atoms with E-state index in [0.717, 1.165) is 16.9 Å². The topological polar surface area (TPSA) is 26.0 Å². The molecule has 3 rings (SSSR count). The monoisotopic (exact) mass is 249 g/mol. The second-order valence-corrected chi connectivity index (χ2v) is 4.71. The summed E-state index contributed by atoms with van der Waals surface area (Å²) in [6, 6.07) is 16.3. The number of aryl methyl sites for hydroxylation is 2. The van der Waals surface area contributed by atoms with Crippen molar-refractivity contribution in [3.05, 3.63) is 65.9 Å². The highest BCUT2D eigenvalue weighted by Crippen LogP contribution is 2.28. The van der Waals surface area contributed by atoms with E-state index in [1.54, 1.807) is 6.20 Å². The third-order valence-corrected chi connectivity index (χ3v) is 3.17. The van der Waals surface area contributed by atoms with Crippen molar-refractivity contribution in [1.82, 2.24) is 4.98 Å². The van der Waals surface area contributed by atoms with Crippen molar-refractivity contribution in [2.75, 3.05) is 0 Å². The molecular weight excluding hydrogens is 234 g/mol.